The molecule has 0 bridgehead atoms. The van der Waals surface area contributed by atoms with Gasteiger partial charge in [0.25, 0.3) is 5.91 Å². The van der Waals surface area contributed by atoms with Gasteiger partial charge in [-0.3, -0.25) is 9.59 Å². The number of aromatic nitrogens is 1. The Labute approximate surface area is 145 Å². The van der Waals surface area contributed by atoms with Crippen LogP contribution in [0.15, 0.2) is 42.5 Å². The molecule has 3 rings (SSSR count). The van der Waals surface area contributed by atoms with Gasteiger partial charge in [-0.1, -0.05) is 18.2 Å². The van der Waals surface area contributed by atoms with Crippen molar-refractivity contribution in [2.45, 2.75) is 25.8 Å². The lowest BCUT2D eigenvalue weighted by molar-refractivity contribution is -0.127. The number of halogens is 1. The first-order chi connectivity index (χ1) is 12.0. The largest absolute Gasteiger partial charge is 0.346 e. The van der Waals surface area contributed by atoms with E-state index in [1.54, 1.807) is 29.2 Å². The number of hydrogen-bond acceptors (Lipinski definition) is 3. The molecule has 1 saturated heterocycles. The maximum Gasteiger partial charge on any atom is 0.270 e. The first-order valence-electron chi connectivity index (χ1n) is 8.28. The molecule has 2 heterocycles. The summed E-state index contributed by atoms with van der Waals surface area (Å²) in [5, 5.41) is 2.87. The van der Waals surface area contributed by atoms with Crippen LogP contribution in [0.1, 0.15) is 28.2 Å². The Kier molecular flexibility index (Phi) is 5.07. The molecule has 1 N–H and O–H groups in total. The van der Waals surface area contributed by atoms with Gasteiger partial charge in [-0.05, 0) is 43.2 Å². The third-order valence-electron chi connectivity index (χ3n) is 4.25. The number of carbonyl (C=O) groups excluding carboxylic acids is 2. The first kappa shape index (κ1) is 17.1. The lowest BCUT2D eigenvalue weighted by Crippen LogP contribution is -2.37. The van der Waals surface area contributed by atoms with Gasteiger partial charge >= 0.3 is 0 Å². The van der Waals surface area contributed by atoms with Crippen molar-refractivity contribution in [3.8, 4) is 0 Å². The van der Waals surface area contributed by atoms with Gasteiger partial charge in [-0.25, -0.2) is 9.37 Å². The summed E-state index contributed by atoms with van der Waals surface area (Å²) in [6.45, 7) is 2.87. The molecule has 130 valence electrons. The maximum absolute atomic E-state index is 12.9. The molecule has 1 aliphatic heterocycles. The Morgan fingerprint density at radius 2 is 2.04 bits per heavy atom. The molecule has 5 nitrogen and oxygen atoms in total. The van der Waals surface area contributed by atoms with Crippen LogP contribution in [0.25, 0.3) is 0 Å². The minimum Gasteiger partial charge on any atom is -0.346 e. The van der Waals surface area contributed by atoms with E-state index < -0.39 is 0 Å². The van der Waals surface area contributed by atoms with Gasteiger partial charge in [0, 0.05) is 25.2 Å². The molecule has 0 aliphatic carbocycles. The van der Waals surface area contributed by atoms with Crippen LogP contribution in [-0.2, 0) is 11.2 Å². The highest BCUT2D eigenvalue weighted by molar-refractivity contribution is 5.93. The molecule has 25 heavy (non-hydrogen) atoms. The SMILES string of the molecule is Cc1cccc(C(=O)N[C@@H]2CC(=O)N(CCc3ccc(F)cc3)C2)n1. The minimum atomic E-state index is -0.270. The summed E-state index contributed by atoms with van der Waals surface area (Å²) < 4.78 is 12.9. The Morgan fingerprint density at radius 3 is 2.76 bits per heavy atom. The number of hydrogen-bond donors (Lipinski definition) is 1. The van der Waals surface area contributed by atoms with E-state index in [-0.39, 0.29) is 23.7 Å². The predicted octanol–water partition coefficient (Wildman–Crippen LogP) is 2.10. The molecule has 1 fully saturated rings. The van der Waals surface area contributed by atoms with Crippen molar-refractivity contribution in [2.75, 3.05) is 13.1 Å². The van der Waals surface area contributed by atoms with Crippen molar-refractivity contribution in [3.05, 3.63) is 65.2 Å². The monoisotopic (exact) mass is 341 g/mol. The molecule has 0 radical (unpaired) electrons. The molecular formula is C19H20FN3O2. The fourth-order valence-corrected chi connectivity index (χ4v) is 2.93. The fourth-order valence-electron chi connectivity index (χ4n) is 2.93. The highest BCUT2D eigenvalue weighted by Gasteiger charge is 2.30. The molecule has 6 heteroatoms. The Bertz CT molecular complexity index is 776. The topological polar surface area (TPSA) is 62.3 Å². The summed E-state index contributed by atoms with van der Waals surface area (Å²) in [4.78, 5) is 30.3. The molecule has 2 amide bonds. The van der Waals surface area contributed by atoms with Crippen LogP contribution in [0.3, 0.4) is 0 Å². The van der Waals surface area contributed by atoms with Crippen molar-refractivity contribution in [2.24, 2.45) is 0 Å². The molecule has 0 saturated carbocycles. The summed E-state index contributed by atoms with van der Waals surface area (Å²) in [6, 6.07) is 11.3. The minimum absolute atomic E-state index is 0.0182. The van der Waals surface area contributed by atoms with E-state index in [9.17, 15) is 14.0 Å². The van der Waals surface area contributed by atoms with Crippen LogP contribution >= 0.6 is 0 Å². The Hall–Kier alpha value is -2.76. The van der Waals surface area contributed by atoms with Gasteiger partial charge in [-0.15, -0.1) is 0 Å². The zero-order valence-electron chi connectivity index (χ0n) is 14.0. The second kappa shape index (κ2) is 7.42. The van der Waals surface area contributed by atoms with E-state index in [0.717, 1.165) is 11.3 Å². The number of pyridine rings is 1. The highest BCUT2D eigenvalue weighted by atomic mass is 19.1. The lowest BCUT2D eigenvalue weighted by Gasteiger charge is -2.17. The van der Waals surface area contributed by atoms with Crippen LogP contribution in [0.2, 0.25) is 0 Å². The molecule has 2 aromatic rings. The molecule has 1 aromatic heterocycles. The van der Waals surface area contributed by atoms with Crippen molar-refractivity contribution in [1.29, 1.82) is 0 Å². The van der Waals surface area contributed by atoms with Gasteiger partial charge in [-0.2, -0.15) is 0 Å². The van der Waals surface area contributed by atoms with Crippen LogP contribution in [0.5, 0.6) is 0 Å². The maximum atomic E-state index is 12.9. The van der Waals surface area contributed by atoms with Gasteiger partial charge in [0.05, 0.1) is 6.04 Å². The Balaban J connectivity index is 1.53. The second-order valence-electron chi connectivity index (χ2n) is 6.25. The van der Waals surface area contributed by atoms with Crippen molar-refractivity contribution < 1.29 is 14.0 Å². The Morgan fingerprint density at radius 1 is 1.28 bits per heavy atom. The third kappa shape index (κ3) is 4.41. The smallest absolute Gasteiger partial charge is 0.270 e. The fraction of sp³-hybridized carbons (Fsp3) is 0.316. The zero-order valence-corrected chi connectivity index (χ0v) is 14.0. The normalized spacial score (nSPS) is 17.0. The molecule has 1 aliphatic rings. The van der Waals surface area contributed by atoms with Crippen LogP contribution in [0.4, 0.5) is 4.39 Å². The number of nitrogens with zero attached hydrogens (tertiary/aromatic N) is 2. The van der Waals surface area contributed by atoms with Crippen molar-refractivity contribution in [1.82, 2.24) is 15.2 Å². The molecule has 0 spiro atoms. The average molecular weight is 341 g/mol. The summed E-state index contributed by atoms with van der Waals surface area (Å²) in [6.07, 6.45) is 0.951. The van der Waals surface area contributed by atoms with Crippen LogP contribution < -0.4 is 5.32 Å². The van der Waals surface area contributed by atoms with Gasteiger partial charge in [0.1, 0.15) is 11.5 Å². The standard InChI is InChI=1S/C19H20FN3O2/c1-13-3-2-4-17(21-13)19(25)22-16-11-18(24)23(12-16)10-9-14-5-7-15(20)8-6-14/h2-8,16H,9-12H2,1H3,(H,22,25)/t16-/m1/s1. The molecule has 0 unspecified atom stereocenters. The van der Waals surface area contributed by atoms with E-state index in [1.165, 1.54) is 12.1 Å². The number of benzene rings is 1. The number of likely N-dealkylation sites (tertiary alicyclic amines) is 1. The highest BCUT2D eigenvalue weighted by Crippen LogP contribution is 2.13. The quantitative estimate of drug-likeness (QED) is 0.906. The predicted molar refractivity (Wildman–Crippen MR) is 91.5 cm³/mol. The summed E-state index contributed by atoms with van der Waals surface area (Å²) in [5.41, 5.74) is 2.11. The number of carbonyl (C=O) groups is 2. The van der Waals surface area contributed by atoms with Gasteiger partial charge in [0.15, 0.2) is 0 Å². The number of aryl methyl sites for hydroxylation is 1. The van der Waals surface area contributed by atoms with Crippen molar-refractivity contribution in [3.63, 3.8) is 0 Å². The number of nitrogens with one attached hydrogen (secondary N) is 1. The van der Waals surface area contributed by atoms with E-state index in [4.69, 9.17) is 0 Å². The molecular weight excluding hydrogens is 321 g/mol. The van der Waals surface area contributed by atoms with Gasteiger partial charge < -0.3 is 10.2 Å². The zero-order chi connectivity index (χ0) is 17.8. The number of amides is 2. The number of rotatable bonds is 5. The lowest BCUT2D eigenvalue weighted by atomic mass is 10.1. The van der Waals surface area contributed by atoms with E-state index in [2.05, 4.69) is 10.3 Å². The van der Waals surface area contributed by atoms with Crippen molar-refractivity contribution >= 4 is 11.8 Å². The average Bonchev–Trinajstić information content (AvgIpc) is 2.94. The van der Waals surface area contributed by atoms with E-state index in [0.29, 0.717) is 31.6 Å². The summed E-state index contributed by atoms with van der Waals surface area (Å²) in [5.74, 6) is -0.514. The second-order valence-corrected chi connectivity index (χ2v) is 6.25. The van der Waals surface area contributed by atoms with Crippen LogP contribution in [0, 0.1) is 12.7 Å². The summed E-state index contributed by atoms with van der Waals surface area (Å²) >= 11 is 0. The molecule has 1 aromatic carbocycles. The summed E-state index contributed by atoms with van der Waals surface area (Å²) in [7, 11) is 0. The van der Waals surface area contributed by atoms with Gasteiger partial charge in [0.2, 0.25) is 5.91 Å². The van der Waals surface area contributed by atoms with E-state index in [1.807, 2.05) is 13.0 Å². The third-order valence-corrected chi connectivity index (χ3v) is 4.25. The first-order valence-corrected chi connectivity index (χ1v) is 8.28. The van der Waals surface area contributed by atoms with E-state index >= 15 is 0 Å². The van der Waals surface area contributed by atoms with Crippen LogP contribution in [-0.4, -0.2) is 40.8 Å². The molecule has 1 atom stereocenters.